The zero-order chi connectivity index (χ0) is 24.7. The van der Waals surface area contributed by atoms with E-state index in [1.54, 1.807) is 14.2 Å². The molecule has 0 aromatic heterocycles. The van der Waals surface area contributed by atoms with Crippen LogP contribution < -0.4 is 18.9 Å². The Kier molecular flexibility index (Phi) is 6.44. The Bertz CT molecular complexity index is 1190. The lowest BCUT2D eigenvalue weighted by atomic mass is 9.80. The molecule has 0 amide bonds. The number of rotatable bonds is 3. The Hall–Kier alpha value is -2.71. The van der Waals surface area contributed by atoms with Gasteiger partial charge >= 0.3 is 7.82 Å². The maximum Gasteiger partial charge on any atom is 0.466 e. The summed E-state index contributed by atoms with van der Waals surface area (Å²) >= 11 is 0. The van der Waals surface area contributed by atoms with Crippen molar-refractivity contribution in [1.29, 1.82) is 0 Å². The van der Waals surface area contributed by atoms with Gasteiger partial charge in [0.2, 0.25) is 6.79 Å². The predicted molar refractivity (Wildman–Crippen MR) is 129 cm³/mol. The zero-order valence-electron chi connectivity index (χ0n) is 19.8. The lowest BCUT2D eigenvalue weighted by Gasteiger charge is -2.46. The van der Waals surface area contributed by atoms with E-state index in [0.29, 0.717) is 18.8 Å². The highest BCUT2D eigenvalue weighted by molar-refractivity contribution is 7.45. The topological polar surface area (TPSA) is 118 Å². The third kappa shape index (κ3) is 4.61. The van der Waals surface area contributed by atoms with E-state index in [9.17, 15) is 0 Å². The van der Waals surface area contributed by atoms with Crippen LogP contribution in [0.5, 0.6) is 23.0 Å². The molecule has 1 saturated carbocycles. The minimum absolute atomic E-state index is 0.311. The van der Waals surface area contributed by atoms with Crippen LogP contribution in [0.3, 0.4) is 0 Å². The van der Waals surface area contributed by atoms with Gasteiger partial charge in [-0.05, 0) is 60.6 Å². The molecule has 188 valence electrons. The third-order valence-electron chi connectivity index (χ3n) is 7.19. The molecular weight excluding hydrogens is 473 g/mol. The monoisotopic (exact) mass is 503 g/mol. The van der Waals surface area contributed by atoms with Gasteiger partial charge in [0, 0.05) is 23.4 Å². The summed E-state index contributed by atoms with van der Waals surface area (Å²) in [7, 11) is -1.16. The molecule has 0 radical (unpaired) electrons. The first-order valence-electron chi connectivity index (χ1n) is 11.7. The number of fused-ring (bicyclic) bond motifs is 5. The molecule has 3 N–H and O–H groups in total. The van der Waals surface area contributed by atoms with Crippen LogP contribution in [0.15, 0.2) is 24.3 Å². The molecule has 2 aromatic carbocycles. The lowest BCUT2D eigenvalue weighted by molar-refractivity contribution is 0.174. The van der Waals surface area contributed by atoms with E-state index >= 15 is 0 Å². The minimum atomic E-state index is -4.64. The quantitative estimate of drug-likeness (QED) is 0.532. The SMILES string of the molecule is COc1ccc2c(c1OC)C(C1CCCC1)N1CCc3cc4c(cc3C1=C2)OCO4.O=P(O)(O)O. The van der Waals surface area contributed by atoms with Crippen molar-refractivity contribution in [3.63, 3.8) is 0 Å². The van der Waals surface area contributed by atoms with Gasteiger partial charge in [-0.2, -0.15) is 0 Å². The highest BCUT2D eigenvalue weighted by Gasteiger charge is 2.41. The summed E-state index contributed by atoms with van der Waals surface area (Å²) in [6, 6.07) is 8.87. The average molecular weight is 503 g/mol. The summed E-state index contributed by atoms with van der Waals surface area (Å²) in [5.74, 6) is 4.06. The maximum absolute atomic E-state index is 8.88. The van der Waals surface area contributed by atoms with Crippen LogP contribution in [-0.2, 0) is 11.0 Å². The molecule has 9 nitrogen and oxygen atoms in total. The van der Waals surface area contributed by atoms with Crippen molar-refractivity contribution in [2.24, 2.45) is 5.92 Å². The number of nitrogens with zero attached hydrogens (tertiary/aromatic N) is 1. The molecule has 10 heteroatoms. The van der Waals surface area contributed by atoms with Crippen LogP contribution in [0.25, 0.3) is 11.8 Å². The second-order valence-electron chi connectivity index (χ2n) is 9.14. The van der Waals surface area contributed by atoms with Gasteiger partial charge in [-0.3, -0.25) is 0 Å². The lowest BCUT2D eigenvalue weighted by Crippen LogP contribution is -2.38. The summed E-state index contributed by atoms with van der Waals surface area (Å²) in [4.78, 5) is 24.2. The number of ether oxygens (including phenoxy) is 4. The van der Waals surface area contributed by atoms with E-state index in [1.165, 1.54) is 53.6 Å². The minimum Gasteiger partial charge on any atom is -0.493 e. The Labute approximate surface area is 204 Å². The summed E-state index contributed by atoms with van der Waals surface area (Å²) in [6.45, 7) is 1.31. The Morgan fingerprint density at radius 3 is 2.37 bits per heavy atom. The van der Waals surface area contributed by atoms with E-state index in [4.69, 9.17) is 38.2 Å². The Morgan fingerprint density at radius 2 is 1.71 bits per heavy atom. The molecule has 0 bridgehead atoms. The highest BCUT2D eigenvalue weighted by atomic mass is 31.2. The molecule has 3 heterocycles. The fourth-order valence-corrected chi connectivity index (χ4v) is 5.86. The summed E-state index contributed by atoms with van der Waals surface area (Å²) in [5, 5.41) is 0. The smallest absolute Gasteiger partial charge is 0.466 e. The second-order valence-corrected chi connectivity index (χ2v) is 10.2. The molecule has 2 aromatic rings. The molecular formula is C25H30NO8P. The van der Waals surface area contributed by atoms with Crippen LogP contribution in [0.2, 0.25) is 0 Å². The van der Waals surface area contributed by atoms with Gasteiger partial charge in [0.1, 0.15) is 0 Å². The number of phosphoric acid groups is 1. The predicted octanol–water partition coefficient (Wildman–Crippen LogP) is 4.11. The van der Waals surface area contributed by atoms with Gasteiger partial charge in [-0.1, -0.05) is 18.9 Å². The fourth-order valence-electron chi connectivity index (χ4n) is 5.86. The summed E-state index contributed by atoms with van der Waals surface area (Å²) in [6.07, 6.45) is 8.48. The van der Waals surface area contributed by atoms with Crippen molar-refractivity contribution in [3.8, 4) is 23.0 Å². The molecule has 35 heavy (non-hydrogen) atoms. The second kappa shape index (κ2) is 9.39. The molecule has 4 aliphatic rings. The normalized spacial score (nSPS) is 20.2. The Balaban J connectivity index is 0.000000464. The molecule has 1 unspecified atom stereocenters. The number of benzene rings is 2. The summed E-state index contributed by atoms with van der Waals surface area (Å²) < 4.78 is 31.8. The van der Waals surface area contributed by atoms with Crippen LogP contribution in [0.1, 0.15) is 54.0 Å². The maximum atomic E-state index is 8.88. The van der Waals surface area contributed by atoms with Gasteiger partial charge in [-0.25, -0.2) is 4.57 Å². The van der Waals surface area contributed by atoms with Gasteiger partial charge < -0.3 is 38.5 Å². The first-order valence-corrected chi connectivity index (χ1v) is 13.3. The molecule has 1 atom stereocenters. The van der Waals surface area contributed by atoms with Crippen molar-refractivity contribution in [2.75, 3.05) is 27.6 Å². The van der Waals surface area contributed by atoms with Crippen molar-refractivity contribution >= 4 is 19.6 Å². The van der Waals surface area contributed by atoms with E-state index in [1.807, 2.05) is 6.07 Å². The van der Waals surface area contributed by atoms with Crippen molar-refractivity contribution in [1.82, 2.24) is 4.90 Å². The first kappa shape index (κ1) is 24.0. The van der Waals surface area contributed by atoms with Gasteiger partial charge in [0.15, 0.2) is 23.0 Å². The molecule has 6 rings (SSSR count). The standard InChI is InChI=1S/C25H27NO4.H3O4P/c1-27-20-8-7-17-11-19-18-13-22-21(29-14-30-22)12-16(18)9-10-26(19)24(15-5-3-4-6-15)23(17)25(20)28-2;1-5(2,3)4/h7-8,11-13,15,24H,3-6,9-10,14H2,1-2H3;(H3,1,2,3,4). The molecule has 1 aliphatic carbocycles. The fraction of sp³-hybridized carbons (Fsp3) is 0.440. The van der Waals surface area contributed by atoms with Crippen molar-refractivity contribution in [2.45, 2.75) is 38.1 Å². The molecule has 3 aliphatic heterocycles. The van der Waals surface area contributed by atoms with Gasteiger partial charge in [0.25, 0.3) is 0 Å². The number of hydrogen-bond donors (Lipinski definition) is 3. The van der Waals surface area contributed by atoms with E-state index in [2.05, 4.69) is 29.2 Å². The molecule has 1 fully saturated rings. The number of hydrogen-bond acceptors (Lipinski definition) is 6. The number of methoxy groups -OCH3 is 2. The van der Waals surface area contributed by atoms with E-state index in [0.717, 1.165) is 36.0 Å². The average Bonchev–Trinajstić information content (AvgIpc) is 3.51. The van der Waals surface area contributed by atoms with Gasteiger partial charge in [0.05, 0.1) is 20.3 Å². The van der Waals surface area contributed by atoms with Crippen LogP contribution in [0.4, 0.5) is 0 Å². The first-order chi connectivity index (χ1) is 16.8. The van der Waals surface area contributed by atoms with E-state index in [-0.39, 0.29) is 0 Å². The van der Waals surface area contributed by atoms with Crippen LogP contribution in [0, 0.1) is 5.92 Å². The zero-order valence-corrected chi connectivity index (χ0v) is 20.7. The highest BCUT2D eigenvalue weighted by Crippen LogP contribution is 2.54. The van der Waals surface area contributed by atoms with Gasteiger partial charge in [-0.15, -0.1) is 0 Å². The molecule has 0 saturated heterocycles. The van der Waals surface area contributed by atoms with Crippen molar-refractivity contribution in [3.05, 3.63) is 46.5 Å². The van der Waals surface area contributed by atoms with Crippen molar-refractivity contribution < 1.29 is 38.2 Å². The van der Waals surface area contributed by atoms with Crippen LogP contribution in [-0.4, -0.2) is 47.1 Å². The Morgan fingerprint density at radius 1 is 1.03 bits per heavy atom. The van der Waals surface area contributed by atoms with Crippen LogP contribution >= 0.6 is 7.82 Å². The third-order valence-corrected chi connectivity index (χ3v) is 7.19. The summed E-state index contributed by atoms with van der Waals surface area (Å²) in [5.41, 5.74) is 6.44. The van der Waals surface area contributed by atoms with E-state index < -0.39 is 7.82 Å². The largest absolute Gasteiger partial charge is 0.493 e. The molecule has 0 spiro atoms.